The van der Waals surface area contributed by atoms with Gasteiger partial charge in [0.2, 0.25) is 0 Å². The van der Waals surface area contributed by atoms with Gasteiger partial charge in [0.05, 0.1) is 50.0 Å². The summed E-state index contributed by atoms with van der Waals surface area (Å²) >= 11 is 13.1. The van der Waals surface area contributed by atoms with E-state index in [1.54, 1.807) is 65.2 Å². The van der Waals surface area contributed by atoms with E-state index in [4.69, 9.17) is 37.9 Å². The van der Waals surface area contributed by atoms with E-state index in [9.17, 15) is 19.7 Å². The number of methoxy groups -OCH3 is 1. The zero-order chi connectivity index (χ0) is 34.2. The molecule has 0 radical (unpaired) electrons. The van der Waals surface area contributed by atoms with Gasteiger partial charge in [-0.1, -0.05) is 65.7 Å². The molecule has 5 aromatic carbocycles. The molecule has 7 rings (SSSR count). The van der Waals surface area contributed by atoms with Gasteiger partial charge in [0.1, 0.15) is 23.1 Å². The molecule has 0 aliphatic heterocycles. The van der Waals surface area contributed by atoms with Gasteiger partial charge in [-0.25, -0.2) is 9.97 Å². The number of hydrogen-bond acceptors (Lipinski definition) is 7. The van der Waals surface area contributed by atoms with E-state index in [1.165, 1.54) is 29.9 Å². The molecule has 2 aromatic heterocycles. The number of fused-ring (bicyclic) bond motifs is 2. The zero-order valence-electron chi connectivity index (χ0n) is 25.8. The Morgan fingerprint density at radius 2 is 1.37 bits per heavy atom. The Balaban J connectivity index is 1.38. The highest BCUT2D eigenvalue weighted by Gasteiger charge is 2.24. The van der Waals surface area contributed by atoms with E-state index in [0.717, 1.165) is 5.56 Å². The van der Waals surface area contributed by atoms with Crippen LogP contribution in [0.2, 0.25) is 10.0 Å². The fourth-order valence-electron chi connectivity index (χ4n) is 5.87. The lowest BCUT2D eigenvalue weighted by atomic mass is 10.1. The molecule has 0 saturated heterocycles. The summed E-state index contributed by atoms with van der Waals surface area (Å²) in [6, 6.07) is 30.7. The van der Waals surface area contributed by atoms with Gasteiger partial charge in [-0.2, -0.15) is 0 Å². The molecule has 0 aliphatic rings. The third-order valence-corrected chi connectivity index (χ3v) is 8.93. The number of nitro benzene ring substituents is 1. The molecule has 2 heterocycles. The van der Waals surface area contributed by atoms with E-state index in [1.807, 2.05) is 30.3 Å². The third-order valence-electron chi connectivity index (χ3n) is 8.27. The molecule has 10 nitrogen and oxygen atoms in total. The summed E-state index contributed by atoms with van der Waals surface area (Å²) in [5.41, 5.74) is 1.61. The summed E-state index contributed by atoms with van der Waals surface area (Å²) in [5, 5.41) is 13.7. The summed E-state index contributed by atoms with van der Waals surface area (Å²) in [6.45, 7) is 0.228. The summed E-state index contributed by atoms with van der Waals surface area (Å²) < 4.78 is 8.02. The first kappa shape index (κ1) is 31.7. The van der Waals surface area contributed by atoms with Crippen LogP contribution in [-0.4, -0.2) is 31.1 Å². The highest BCUT2D eigenvalue weighted by atomic mass is 35.5. The van der Waals surface area contributed by atoms with Crippen molar-refractivity contribution in [3.05, 3.63) is 156 Å². The number of ether oxygens (including phenoxy) is 1. The quantitative estimate of drug-likeness (QED) is 0.117. The maximum atomic E-state index is 14.4. The molecule has 242 valence electrons. The van der Waals surface area contributed by atoms with Crippen LogP contribution in [0.15, 0.2) is 119 Å². The second kappa shape index (κ2) is 13.0. The van der Waals surface area contributed by atoms with E-state index < -0.39 is 10.5 Å². The average Bonchev–Trinajstić information content (AvgIpc) is 3.11. The van der Waals surface area contributed by atoms with Gasteiger partial charge < -0.3 is 4.74 Å². The summed E-state index contributed by atoms with van der Waals surface area (Å²) in [6.07, 6.45) is 0.349. The first-order valence-corrected chi connectivity index (χ1v) is 15.9. The maximum Gasteiger partial charge on any atom is 0.297 e. The summed E-state index contributed by atoms with van der Waals surface area (Å²) in [4.78, 5) is 49.5. The first-order chi connectivity index (χ1) is 23.7. The molecule has 0 saturated carbocycles. The van der Waals surface area contributed by atoms with E-state index in [2.05, 4.69) is 0 Å². The molecule has 0 spiro atoms. The molecule has 0 aliphatic carbocycles. The predicted octanol–water partition coefficient (Wildman–Crippen LogP) is 7.90. The van der Waals surface area contributed by atoms with Crippen molar-refractivity contribution >= 4 is 50.7 Å². The monoisotopic (exact) mass is 689 g/mol. The second-order valence-corrected chi connectivity index (χ2v) is 12.0. The van der Waals surface area contributed by atoms with Gasteiger partial charge in [0, 0.05) is 17.7 Å². The molecule has 49 heavy (non-hydrogen) atoms. The van der Waals surface area contributed by atoms with Crippen LogP contribution < -0.4 is 15.9 Å². The largest absolute Gasteiger partial charge is 0.496 e. The van der Waals surface area contributed by atoms with E-state index in [0.29, 0.717) is 49.8 Å². The van der Waals surface area contributed by atoms with Crippen LogP contribution in [0, 0.1) is 10.1 Å². The third kappa shape index (κ3) is 5.81. The fourth-order valence-corrected chi connectivity index (χ4v) is 6.31. The number of aromatic nitrogens is 4. The van der Waals surface area contributed by atoms with Crippen LogP contribution in [0.1, 0.15) is 5.56 Å². The topological polar surface area (TPSA) is 122 Å². The Hall–Kier alpha value is -5.84. The minimum Gasteiger partial charge on any atom is -0.496 e. The summed E-state index contributed by atoms with van der Waals surface area (Å²) in [7, 11) is 1.40. The molecular weight excluding hydrogens is 665 g/mol. The van der Waals surface area contributed by atoms with Crippen LogP contribution in [-0.2, 0) is 13.0 Å². The molecule has 0 unspecified atom stereocenters. The van der Waals surface area contributed by atoms with E-state index in [-0.39, 0.29) is 40.4 Å². The minimum absolute atomic E-state index is 0.00342. The molecule has 0 amide bonds. The van der Waals surface area contributed by atoms with Crippen molar-refractivity contribution in [1.29, 1.82) is 0 Å². The lowest BCUT2D eigenvalue weighted by molar-refractivity contribution is -0.384. The van der Waals surface area contributed by atoms with Crippen molar-refractivity contribution in [3.63, 3.8) is 0 Å². The zero-order valence-corrected chi connectivity index (χ0v) is 27.4. The molecule has 7 aromatic rings. The van der Waals surface area contributed by atoms with Crippen LogP contribution >= 0.6 is 23.2 Å². The van der Waals surface area contributed by atoms with Gasteiger partial charge in [-0.05, 0) is 72.6 Å². The number of aryl methyl sites for hydroxylation is 1. The molecule has 0 N–H and O–H groups in total. The lowest BCUT2D eigenvalue weighted by Gasteiger charge is -2.16. The number of hydrogen-bond donors (Lipinski definition) is 0. The Morgan fingerprint density at radius 1 is 0.735 bits per heavy atom. The fraction of sp³-hybridized carbons (Fsp3) is 0.0811. The molecule has 0 atom stereocenters. The number of nitrogens with zero attached hydrogens (tertiary/aromatic N) is 5. The number of rotatable bonds is 8. The Kier molecular flexibility index (Phi) is 8.41. The first-order valence-electron chi connectivity index (χ1n) is 15.1. The van der Waals surface area contributed by atoms with Crippen LogP contribution in [0.4, 0.5) is 5.69 Å². The van der Waals surface area contributed by atoms with Crippen LogP contribution in [0.3, 0.4) is 0 Å². The van der Waals surface area contributed by atoms with Gasteiger partial charge in [-0.15, -0.1) is 0 Å². The number of para-hydroxylation sites is 1. The number of nitro groups is 1. The Morgan fingerprint density at radius 3 is 2.06 bits per heavy atom. The lowest BCUT2D eigenvalue weighted by Crippen LogP contribution is -2.25. The van der Waals surface area contributed by atoms with Crippen molar-refractivity contribution < 1.29 is 9.66 Å². The Labute approximate surface area is 288 Å². The van der Waals surface area contributed by atoms with Gasteiger partial charge in [0.25, 0.3) is 16.8 Å². The molecule has 0 bridgehead atoms. The van der Waals surface area contributed by atoms with Crippen molar-refractivity contribution in [2.75, 3.05) is 7.11 Å². The van der Waals surface area contributed by atoms with Crippen LogP contribution in [0.25, 0.3) is 50.3 Å². The SMILES string of the molecule is COc1ccc(-n2c(-c3ccccc3Cl)nc3ccc(CCn4c(-c5ccccc5Cl)nc5ccccc5c4=O)cc3c2=O)c([N+](=O)[O-])c1. The van der Waals surface area contributed by atoms with Crippen LogP contribution in [0.5, 0.6) is 5.75 Å². The van der Waals surface area contributed by atoms with E-state index >= 15 is 0 Å². The highest BCUT2D eigenvalue weighted by molar-refractivity contribution is 6.33. The Bertz CT molecular complexity index is 2570. The molecule has 0 fully saturated rings. The van der Waals surface area contributed by atoms with Crippen molar-refractivity contribution in [1.82, 2.24) is 19.1 Å². The highest BCUT2D eigenvalue weighted by Crippen LogP contribution is 2.33. The minimum atomic E-state index is -0.576. The van der Waals surface area contributed by atoms with Crippen molar-refractivity contribution in [2.45, 2.75) is 13.0 Å². The smallest absolute Gasteiger partial charge is 0.297 e. The molecule has 12 heteroatoms. The normalized spacial score (nSPS) is 11.2. The maximum absolute atomic E-state index is 14.4. The number of benzene rings is 5. The van der Waals surface area contributed by atoms with Gasteiger partial charge in [0.15, 0.2) is 0 Å². The second-order valence-electron chi connectivity index (χ2n) is 11.2. The van der Waals surface area contributed by atoms with Gasteiger partial charge >= 0.3 is 0 Å². The molecular formula is C37H25Cl2N5O5. The van der Waals surface area contributed by atoms with Crippen molar-refractivity contribution in [3.8, 4) is 34.2 Å². The number of halogens is 2. The predicted molar refractivity (Wildman–Crippen MR) is 191 cm³/mol. The standard InChI is InChI=1S/C37H25Cl2N5O5/c1-49-23-15-17-32(33(21-23)44(47)48)43-35(25-9-3-6-12-29(25)39)41-31-16-14-22(20-27(31)37(43)46)18-19-42-34(24-8-2-5-11-28(24)38)40-30-13-7-4-10-26(30)36(42)45/h2-17,20-21H,18-19H2,1H3. The van der Waals surface area contributed by atoms with Crippen molar-refractivity contribution in [2.24, 2.45) is 0 Å². The average molecular weight is 691 g/mol. The van der Waals surface area contributed by atoms with Gasteiger partial charge in [-0.3, -0.25) is 28.8 Å². The summed E-state index contributed by atoms with van der Waals surface area (Å²) in [5.74, 6) is 0.825.